The molecular weight excluding hydrogens is 227 g/mol. The van der Waals surface area contributed by atoms with Gasteiger partial charge in [-0.1, -0.05) is 12.1 Å². The zero-order chi connectivity index (χ0) is 12.7. The van der Waals surface area contributed by atoms with E-state index in [0.29, 0.717) is 6.04 Å². The number of hydrogen-bond acceptors (Lipinski definition) is 2. The molecule has 1 aromatic carbocycles. The molecule has 0 spiro atoms. The van der Waals surface area contributed by atoms with Crippen LogP contribution in [0.2, 0.25) is 0 Å². The van der Waals surface area contributed by atoms with Gasteiger partial charge in [0.05, 0.1) is 0 Å². The van der Waals surface area contributed by atoms with Crippen molar-refractivity contribution in [3.63, 3.8) is 0 Å². The minimum absolute atomic E-state index is 0.0830. The van der Waals surface area contributed by atoms with E-state index in [1.54, 1.807) is 6.07 Å². The SMILES string of the molecule is Cc1ccc(C(C)N2C[C@H]3CNC[C@H]3C2)cc1F. The second-order valence-electron chi connectivity index (χ2n) is 5.82. The van der Waals surface area contributed by atoms with Crippen LogP contribution in [-0.4, -0.2) is 31.1 Å². The molecule has 3 heteroatoms. The van der Waals surface area contributed by atoms with Crippen molar-refractivity contribution in [1.29, 1.82) is 0 Å². The first-order valence-corrected chi connectivity index (χ1v) is 6.86. The Balaban J connectivity index is 1.74. The zero-order valence-corrected chi connectivity index (χ0v) is 11.1. The van der Waals surface area contributed by atoms with Gasteiger partial charge in [-0.2, -0.15) is 0 Å². The summed E-state index contributed by atoms with van der Waals surface area (Å²) in [6.45, 7) is 8.60. The smallest absolute Gasteiger partial charge is 0.126 e. The van der Waals surface area contributed by atoms with Gasteiger partial charge >= 0.3 is 0 Å². The molecule has 2 nitrogen and oxygen atoms in total. The van der Waals surface area contributed by atoms with Gasteiger partial charge in [0.25, 0.3) is 0 Å². The monoisotopic (exact) mass is 248 g/mol. The first-order chi connectivity index (χ1) is 8.65. The molecule has 1 N–H and O–H groups in total. The average Bonchev–Trinajstić information content (AvgIpc) is 2.92. The third-order valence-electron chi connectivity index (χ3n) is 4.64. The topological polar surface area (TPSA) is 15.3 Å². The van der Waals surface area contributed by atoms with E-state index in [-0.39, 0.29) is 5.82 Å². The highest BCUT2D eigenvalue weighted by atomic mass is 19.1. The Kier molecular flexibility index (Phi) is 3.12. The van der Waals surface area contributed by atoms with E-state index in [0.717, 1.165) is 49.1 Å². The molecule has 0 amide bonds. The van der Waals surface area contributed by atoms with Crippen LogP contribution in [0.1, 0.15) is 24.1 Å². The van der Waals surface area contributed by atoms with Gasteiger partial charge in [-0.15, -0.1) is 0 Å². The summed E-state index contributed by atoms with van der Waals surface area (Å²) in [6.07, 6.45) is 0. The number of benzene rings is 1. The van der Waals surface area contributed by atoms with E-state index in [2.05, 4.69) is 23.2 Å². The van der Waals surface area contributed by atoms with Crippen molar-refractivity contribution >= 4 is 0 Å². The quantitative estimate of drug-likeness (QED) is 0.864. The number of halogens is 1. The zero-order valence-electron chi connectivity index (χ0n) is 11.1. The second-order valence-corrected chi connectivity index (χ2v) is 5.82. The minimum Gasteiger partial charge on any atom is -0.316 e. The third kappa shape index (κ3) is 2.06. The van der Waals surface area contributed by atoms with Gasteiger partial charge in [0.1, 0.15) is 5.82 Å². The molecule has 0 aliphatic carbocycles. The molecule has 2 heterocycles. The number of hydrogen-bond donors (Lipinski definition) is 1. The van der Waals surface area contributed by atoms with E-state index in [1.807, 2.05) is 13.0 Å². The maximum absolute atomic E-state index is 13.6. The summed E-state index contributed by atoms with van der Waals surface area (Å²) in [4.78, 5) is 2.50. The fraction of sp³-hybridized carbons (Fsp3) is 0.600. The highest BCUT2D eigenvalue weighted by Crippen LogP contribution is 2.33. The lowest BCUT2D eigenvalue weighted by atomic mass is 10.0. The molecule has 0 radical (unpaired) electrons. The van der Waals surface area contributed by atoms with Crippen molar-refractivity contribution < 1.29 is 4.39 Å². The molecule has 2 fully saturated rings. The molecule has 0 saturated carbocycles. The van der Waals surface area contributed by atoms with Crippen LogP contribution >= 0.6 is 0 Å². The Labute approximate surface area is 108 Å². The van der Waals surface area contributed by atoms with E-state index in [1.165, 1.54) is 0 Å². The number of nitrogens with zero attached hydrogens (tertiary/aromatic N) is 1. The van der Waals surface area contributed by atoms with Crippen molar-refractivity contribution in [2.45, 2.75) is 19.9 Å². The first kappa shape index (κ1) is 12.1. The molecule has 0 bridgehead atoms. The highest BCUT2D eigenvalue weighted by molar-refractivity contribution is 5.25. The number of fused-ring (bicyclic) bond motifs is 1. The lowest BCUT2D eigenvalue weighted by Crippen LogP contribution is -2.28. The Bertz CT molecular complexity index is 434. The second kappa shape index (κ2) is 4.63. The largest absolute Gasteiger partial charge is 0.316 e. The van der Waals surface area contributed by atoms with Crippen molar-refractivity contribution in [3.8, 4) is 0 Å². The number of aryl methyl sites for hydroxylation is 1. The Morgan fingerprint density at radius 3 is 2.56 bits per heavy atom. The van der Waals surface area contributed by atoms with E-state index in [9.17, 15) is 4.39 Å². The summed E-state index contributed by atoms with van der Waals surface area (Å²) in [5.41, 5.74) is 1.83. The van der Waals surface area contributed by atoms with Gasteiger partial charge in [-0.05, 0) is 56.0 Å². The molecule has 3 rings (SSSR count). The molecule has 3 atom stereocenters. The van der Waals surface area contributed by atoms with Crippen LogP contribution in [0.15, 0.2) is 18.2 Å². The average molecular weight is 248 g/mol. The van der Waals surface area contributed by atoms with E-state index < -0.39 is 0 Å². The first-order valence-electron chi connectivity index (χ1n) is 6.86. The Hall–Kier alpha value is -0.930. The van der Waals surface area contributed by atoms with Crippen molar-refractivity contribution in [2.24, 2.45) is 11.8 Å². The number of rotatable bonds is 2. The van der Waals surface area contributed by atoms with Crippen LogP contribution in [-0.2, 0) is 0 Å². The molecule has 98 valence electrons. The highest BCUT2D eigenvalue weighted by Gasteiger charge is 2.37. The maximum atomic E-state index is 13.6. The molecule has 18 heavy (non-hydrogen) atoms. The standard InChI is InChI=1S/C15H21FN2/c1-10-3-4-12(5-15(10)16)11(2)18-8-13-6-17-7-14(13)9-18/h3-5,11,13-14,17H,6-9H2,1-2H3/t11?,13-,14+. The van der Waals surface area contributed by atoms with Crippen LogP contribution in [0.4, 0.5) is 4.39 Å². The van der Waals surface area contributed by atoms with Gasteiger partial charge in [0.15, 0.2) is 0 Å². The van der Waals surface area contributed by atoms with Crippen LogP contribution in [0.5, 0.6) is 0 Å². The third-order valence-corrected chi connectivity index (χ3v) is 4.64. The van der Waals surface area contributed by atoms with E-state index >= 15 is 0 Å². The van der Waals surface area contributed by atoms with Gasteiger partial charge in [0, 0.05) is 19.1 Å². The predicted molar refractivity (Wildman–Crippen MR) is 71.0 cm³/mol. The van der Waals surface area contributed by atoms with Crippen molar-refractivity contribution in [1.82, 2.24) is 10.2 Å². The molecular formula is C15H21FN2. The summed E-state index contributed by atoms with van der Waals surface area (Å²) in [6, 6.07) is 5.98. The summed E-state index contributed by atoms with van der Waals surface area (Å²) < 4.78 is 13.6. The summed E-state index contributed by atoms with van der Waals surface area (Å²) in [5, 5.41) is 3.45. The van der Waals surface area contributed by atoms with Crippen LogP contribution in [0, 0.1) is 24.6 Å². The normalized spacial score (nSPS) is 29.5. The van der Waals surface area contributed by atoms with Gasteiger partial charge in [-0.3, -0.25) is 4.90 Å². The van der Waals surface area contributed by atoms with Crippen molar-refractivity contribution in [3.05, 3.63) is 35.1 Å². The van der Waals surface area contributed by atoms with Crippen LogP contribution < -0.4 is 5.32 Å². The summed E-state index contributed by atoms with van der Waals surface area (Å²) in [7, 11) is 0. The molecule has 0 aromatic heterocycles. The fourth-order valence-electron chi connectivity index (χ4n) is 3.29. The number of nitrogens with one attached hydrogen (secondary N) is 1. The summed E-state index contributed by atoms with van der Waals surface area (Å²) in [5.74, 6) is 1.51. The number of likely N-dealkylation sites (tertiary alicyclic amines) is 1. The molecule has 2 aliphatic rings. The minimum atomic E-state index is -0.0830. The van der Waals surface area contributed by atoms with Gasteiger partial charge in [-0.25, -0.2) is 4.39 Å². The lowest BCUT2D eigenvalue weighted by molar-refractivity contribution is 0.243. The Morgan fingerprint density at radius 2 is 1.94 bits per heavy atom. The van der Waals surface area contributed by atoms with Crippen LogP contribution in [0.3, 0.4) is 0 Å². The maximum Gasteiger partial charge on any atom is 0.126 e. The molecule has 1 unspecified atom stereocenters. The Morgan fingerprint density at radius 1 is 1.28 bits per heavy atom. The van der Waals surface area contributed by atoms with Gasteiger partial charge < -0.3 is 5.32 Å². The predicted octanol–water partition coefficient (Wildman–Crippen LogP) is 2.35. The van der Waals surface area contributed by atoms with E-state index in [4.69, 9.17) is 0 Å². The van der Waals surface area contributed by atoms with Crippen molar-refractivity contribution in [2.75, 3.05) is 26.2 Å². The fourth-order valence-corrected chi connectivity index (χ4v) is 3.29. The van der Waals surface area contributed by atoms with Gasteiger partial charge in [0.2, 0.25) is 0 Å². The molecule has 1 aromatic rings. The van der Waals surface area contributed by atoms with Crippen LogP contribution in [0.25, 0.3) is 0 Å². The molecule has 2 saturated heterocycles. The molecule has 2 aliphatic heterocycles. The summed E-state index contributed by atoms with van der Waals surface area (Å²) >= 11 is 0. The lowest BCUT2D eigenvalue weighted by Gasteiger charge is -2.25.